The van der Waals surface area contributed by atoms with Crippen LogP contribution >= 0.6 is 11.6 Å². The lowest BCUT2D eigenvalue weighted by molar-refractivity contribution is 0.0695. The molecule has 0 amide bonds. The number of halogens is 1. The summed E-state index contributed by atoms with van der Waals surface area (Å²) >= 11 is 5.87. The molecule has 0 atom stereocenters. The van der Waals surface area contributed by atoms with Crippen LogP contribution in [0.1, 0.15) is 27.6 Å². The van der Waals surface area contributed by atoms with Crippen molar-refractivity contribution in [2.24, 2.45) is 0 Å². The molecular formula is C11H11ClN2O3. The first-order valence-corrected chi connectivity index (χ1v) is 5.37. The maximum Gasteiger partial charge on any atom is 0.339 e. The summed E-state index contributed by atoms with van der Waals surface area (Å²) in [5.41, 5.74) is 0.994. The second kappa shape index (κ2) is 4.25. The molecule has 6 heteroatoms. The average Bonchev–Trinajstić information content (AvgIpc) is 2.76. The first kappa shape index (κ1) is 11.7. The number of carbonyl (C=O) groups is 1. The summed E-state index contributed by atoms with van der Waals surface area (Å²) in [6, 6.07) is 1.51. The summed E-state index contributed by atoms with van der Waals surface area (Å²) in [5.74, 6) is -0.0566. The van der Waals surface area contributed by atoms with Crippen LogP contribution in [0.4, 0.5) is 0 Å². The molecule has 90 valence electrons. The fourth-order valence-corrected chi connectivity index (χ4v) is 1.71. The van der Waals surface area contributed by atoms with Crippen LogP contribution in [0.5, 0.6) is 0 Å². The summed E-state index contributed by atoms with van der Waals surface area (Å²) in [6.07, 6.45) is 1.55. The van der Waals surface area contributed by atoms with E-state index in [0.717, 1.165) is 5.69 Å². The molecule has 0 fully saturated rings. The van der Waals surface area contributed by atoms with E-state index >= 15 is 0 Å². The van der Waals surface area contributed by atoms with E-state index in [1.165, 1.54) is 6.07 Å². The van der Waals surface area contributed by atoms with E-state index in [-0.39, 0.29) is 5.56 Å². The fourth-order valence-electron chi connectivity index (χ4n) is 1.56. The molecule has 2 heterocycles. The molecule has 0 aliphatic carbocycles. The Kier molecular flexibility index (Phi) is 2.93. The number of hydrogen-bond donors (Lipinski definition) is 1. The zero-order valence-corrected chi connectivity index (χ0v) is 10.2. The number of carboxylic acid groups (broad SMARTS) is 1. The van der Waals surface area contributed by atoms with Crippen molar-refractivity contribution in [2.75, 3.05) is 0 Å². The number of furan rings is 1. The molecule has 2 aromatic heterocycles. The highest BCUT2D eigenvalue weighted by Crippen LogP contribution is 2.18. The van der Waals surface area contributed by atoms with Crippen LogP contribution in [-0.4, -0.2) is 20.9 Å². The predicted octanol–water partition coefficient (Wildman–Crippen LogP) is 2.49. The lowest BCUT2D eigenvalue weighted by atomic mass is 10.2. The Morgan fingerprint density at radius 1 is 1.59 bits per heavy atom. The van der Waals surface area contributed by atoms with Crippen LogP contribution < -0.4 is 0 Å². The van der Waals surface area contributed by atoms with Gasteiger partial charge in [0, 0.05) is 0 Å². The van der Waals surface area contributed by atoms with Crippen LogP contribution in [-0.2, 0) is 6.54 Å². The Morgan fingerprint density at radius 2 is 2.29 bits per heavy atom. The lowest BCUT2D eigenvalue weighted by Gasteiger charge is -2.00. The van der Waals surface area contributed by atoms with Gasteiger partial charge in [-0.25, -0.2) is 4.79 Å². The number of aromatic carboxylic acids is 1. The zero-order chi connectivity index (χ0) is 12.6. The Balaban J connectivity index is 2.28. The average molecular weight is 255 g/mol. The van der Waals surface area contributed by atoms with Crippen molar-refractivity contribution in [3.63, 3.8) is 0 Å². The smallest absolute Gasteiger partial charge is 0.339 e. The summed E-state index contributed by atoms with van der Waals surface area (Å²) in [4.78, 5) is 10.9. The van der Waals surface area contributed by atoms with Gasteiger partial charge in [-0.2, -0.15) is 5.10 Å². The molecule has 0 aliphatic heterocycles. The molecule has 0 aromatic carbocycles. The number of aryl methyl sites for hydroxylation is 1. The van der Waals surface area contributed by atoms with Gasteiger partial charge in [0.15, 0.2) is 0 Å². The highest BCUT2D eigenvalue weighted by Gasteiger charge is 2.15. The summed E-state index contributed by atoms with van der Waals surface area (Å²) in [5, 5.41) is 13.5. The number of aromatic nitrogens is 2. The van der Waals surface area contributed by atoms with Gasteiger partial charge in [0.1, 0.15) is 17.1 Å². The number of nitrogens with zero attached hydrogens (tertiary/aromatic N) is 2. The summed E-state index contributed by atoms with van der Waals surface area (Å²) in [6.45, 7) is 3.83. The summed E-state index contributed by atoms with van der Waals surface area (Å²) < 4.78 is 7.02. The molecule has 0 bridgehead atoms. The molecule has 0 unspecified atom stereocenters. The van der Waals surface area contributed by atoms with Crippen molar-refractivity contribution in [1.82, 2.24) is 9.78 Å². The molecule has 0 saturated heterocycles. The largest absolute Gasteiger partial charge is 0.478 e. The minimum atomic E-state index is -0.993. The molecule has 1 N–H and O–H groups in total. The molecular weight excluding hydrogens is 244 g/mol. The molecule has 0 spiro atoms. The SMILES string of the molecule is Cc1oc(Cn2ncc(Cl)c2C)cc1C(=O)O. The van der Waals surface area contributed by atoms with Crippen molar-refractivity contribution in [1.29, 1.82) is 0 Å². The van der Waals surface area contributed by atoms with Crippen molar-refractivity contribution in [3.05, 3.63) is 40.1 Å². The maximum absolute atomic E-state index is 10.9. The third kappa shape index (κ3) is 2.19. The second-order valence-corrected chi connectivity index (χ2v) is 4.13. The normalized spacial score (nSPS) is 10.8. The van der Waals surface area contributed by atoms with E-state index in [2.05, 4.69) is 5.10 Å². The van der Waals surface area contributed by atoms with E-state index in [4.69, 9.17) is 21.1 Å². The standard InChI is InChI=1S/C11H11ClN2O3/c1-6-10(12)4-13-14(6)5-8-3-9(11(15)16)7(2)17-8/h3-4H,5H2,1-2H3,(H,15,16). The van der Waals surface area contributed by atoms with Gasteiger partial charge in [-0.1, -0.05) is 11.6 Å². The number of hydrogen-bond acceptors (Lipinski definition) is 3. The molecule has 0 radical (unpaired) electrons. The topological polar surface area (TPSA) is 68.3 Å². The number of rotatable bonds is 3. The van der Waals surface area contributed by atoms with Gasteiger partial charge in [0.25, 0.3) is 0 Å². The third-order valence-electron chi connectivity index (χ3n) is 2.55. The Labute approximate surface area is 103 Å². The minimum Gasteiger partial charge on any atom is -0.478 e. The van der Waals surface area contributed by atoms with Crippen molar-refractivity contribution in [3.8, 4) is 0 Å². The molecule has 0 aliphatic rings. The van der Waals surface area contributed by atoms with E-state index < -0.39 is 5.97 Å². The molecule has 5 nitrogen and oxygen atoms in total. The van der Waals surface area contributed by atoms with Crippen LogP contribution in [0.25, 0.3) is 0 Å². The Bertz CT molecular complexity index is 571. The third-order valence-corrected chi connectivity index (χ3v) is 2.92. The van der Waals surface area contributed by atoms with Crippen LogP contribution in [0, 0.1) is 13.8 Å². The first-order chi connectivity index (χ1) is 7.99. The van der Waals surface area contributed by atoms with Gasteiger partial charge in [-0.3, -0.25) is 4.68 Å². The Hall–Kier alpha value is -1.75. The molecule has 0 saturated carbocycles. The summed E-state index contributed by atoms with van der Waals surface area (Å²) in [7, 11) is 0. The van der Waals surface area contributed by atoms with E-state index in [1.807, 2.05) is 6.92 Å². The van der Waals surface area contributed by atoms with Crippen LogP contribution in [0.3, 0.4) is 0 Å². The van der Waals surface area contributed by atoms with Crippen LogP contribution in [0.2, 0.25) is 5.02 Å². The van der Waals surface area contributed by atoms with E-state index in [9.17, 15) is 4.79 Å². The first-order valence-electron chi connectivity index (χ1n) is 4.99. The number of carboxylic acids is 1. The van der Waals surface area contributed by atoms with Crippen molar-refractivity contribution < 1.29 is 14.3 Å². The molecule has 2 rings (SSSR count). The lowest BCUT2D eigenvalue weighted by Crippen LogP contribution is -2.02. The predicted molar refractivity (Wildman–Crippen MR) is 61.5 cm³/mol. The molecule has 17 heavy (non-hydrogen) atoms. The van der Waals surface area contributed by atoms with Gasteiger partial charge in [0.2, 0.25) is 0 Å². The quantitative estimate of drug-likeness (QED) is 0.914. The van der Waals surface area contributed by atoms with Crippen molar-refractivity contribution in [2.45, 2.75) is 20.4 Å². The van der Waals surface area contributed by atoms with Crippen molar-refractivity contribution >= 4 is 17.6 Å². The van der Waals surface area contributed by atoms with Gasteiger partial charge in [-0.05, 0) is 19.9 Å². The zero-order valence-electron chi connectivity index (χ0n) is 9.40. The monoisotopic (exact) mass is 254 g/mol. The highest BCUT2D eigenvalue weighted by molar-refractivity contribution is 6.31. The molecule has 2 aromatic rings. The van der Waals surface area contributed by atoms with Gasteiger partial charge in [0.05, 0.1) is 23.5 Å². The second-order valence-electron chi connectivity index (χ2n) is 3.72. The fraction of sp³-hybridized carbons (Fsp3) is 0.273. The van der Waals surface area contributed by atoms with Gasteiger partial charge >= 0.3 is 5.97 Å². The van der Waals surface area contributed by atoms with Crippen LogP contribution in [0.15, 0.2) is 16.7 Å². The van der Waals surface area contributed by atoms with Gasteiger partial charge < -0.3 is 9.52 Å². The van der Waals surface area contributed by atoms with Gasteiger partial charge in [-0.15, -0.1) is 0 Å². The van der Waals surface area contributed by atoms with E-state index in [0.29, 0.717) is 23.1 Å². The Morgan fingerprint density at radius 3 is 2.76 bits per heavy atom. The minimum absolute atomic E-state index is 0.177. The van der Waals surface area contributed by atoms with E-state index in [1.54, 1.807) is 17.8 Å². The maximum atomic E-state index is 10.9. The highest BCUT2D eigenvalue weighted by atomic mass is 35.5.